The lowest BCUT2D eigenvalue weighted by molar-refractivity contribution is -0.0334. The van der Waals surface area contributed by atoms with Crippen molar-refractivity contribution in [3.05, 3.63) is 0 Å². The van der Waals surface area contributed by atoms with Gasteiger partial charge in [0, 0.05) is 6.04 Å². The molecule has 0 aromatic rings. The molecule has 2 N–H and O–H groups in total. The van der Waals surface area contributed by atoms with E-state index in [0.29, 0.717) is 6.04 Å². The molecule has 0 aromatic carbocycles. The molecule has 1 saturated carbocycles. The fourth-order valence-electron chi connectivity index (χ4n) is 2.28. The summed E-state index contributed by atoms with van der Waals surface area (Å²) in [6.45, 7) is 3.11. The minimum atomic E-state index is 0.507. The van der Waals surface area contributed by atoms with Gasteiger partial charge in [0.25, 0.3) is 0 Å². The maximum absolute atomic E-state index is 5.92. The van der Waals surface area contributed by atoms with E-state index in [1.165, 1.54) is 57.8 Å². The number of hydrogen-bond donors (Lipinski definition) is 1. The Balaban J connectivity index is 0.000000202. The second-order valence-corrected chi connectivity index (χ2v) is 5.04. The summed E-state index contributed by atoms with van der Waals surface area (Å²) in [6, 6.07) is 0.507. The largest absolute Gasteiger partial charge is 0.377 e. The van der Waals surface area contributed by atoms with E-state index >= 15 is 0 Å². The second kappa shape index (κ2) is 11.0. The first-order valence-electron chi connectivity index (χ1n) is 7.30. The molecule has 3 nitrogen and oxygen atoms in total. The fourth-order valence-corrected chi connectivity index (χ4v) is 2.28. The highest BCUT2D eigenvalue weighted by atomic mass is 16.6. The SMILES string of the molecule is C1COCCO1.NC1CCCCCCCCC1. The Hall–Kier alpha value is -0.120. The average Bonchev–Trinajstić information content (AvgIpc) is 2.40. The molecule has 2 fully saturated rings. The van der Waals surface area contributed by atoms with E-state index in [1.807, 2.05) is 0 Å². The standard InChI is InChI=1S/C10H21N.C4H8O2/c11-10-8-6-4-2-1-3-5-7-9-10;1-2-6-4-3-5-1/h10H,1-9,11H2;1-4H2. The first-order valence-corrected chi connectivity index (χ1v) is 7.30. The zero-order valence-corrected chi connectivity index (χ0v) is 11.2. The Morgan fingerprint density at radius 1 is 0.588 bits per heavy atom. The molecule has 2 aliphatic rings. The minimum absolute atomic E-state index is 0.507. The molecule has 0 aromatic heterocycles. The molecular formula is C14H29NO2. The molecule has 0 amide bonds. The van der Waals surface area contributed by atoms with E-state index in [-0.39, 0.29) is 0 Å². The Morgan fingerprint density at radius 2 is 0.941 bits per heavy atom. The van der Waals surface area contributed by atoms with Gasteiger partial charge in [-0.05, 0) is 12.8 Å². The molecule has 0 radical (unpaired) electrons. The number of hydrogen-bond acceptors (Lipinski definition) is 3. The van der Waals surface area contributed by atoms with Crippen LogP contribution in [0.5, 0.6) is 0 Å². The van der Waals surface area contributed by atoms with Gasteiger partial charge in [-0.1, -0.05) is 44.9 Å². The van der Waals surface area contributed by atoms with Crippen molar-refractivity contribution >= 4 is 0 Å². The lowest BCUT2D eigenvalue weighted by Gasteiger charge is -2.13. The zero-order chi connectivity index (χ0) is 12.2. The lowest BCUT2D eigenvalue weighted by Crippen LogP contribution is -2.19. The Kier molecular flexibility index (Phi) is 9.66. The molecule has 1 saturated heterocycles. The molecule has 0 atom stereocenters. The van der Waals surface area contributed by atoms with E-state index in [9.17, 15) is 0 Å². The number of ether oxygens (including phenoxy) is 2. The molecule has 0 bridgehead atoms. The maximum atomic E-state index is 5.92. The van der Waals surface area contributed by atoms with Gasteiger partial charge in [-0.3, -0.25) is 0 Å². The molecule has 17 heavy (non-hydrogen) atoms. The molecule has 102 valence electrons. The van der Waals surface area contributed by atoms with Crippen LogP contribution in [0.3, 0.4) is 0 Å². The Morgan fingerprint density at radius 3 is 1.29 bits per heavy atom. The summed E-state index contributed by atoms with van der Waals surface area (Å²) in [5.41, 5.74) is 5.92. The van der Waals surface area contributed by atoms with Crippen molar-refractivity contribution in [3.63, 3.8) is 0 Å². The number of rotatable bonds is 0. The molecule has 1 aliphatic heterocycles. The third-order valence-corrected chi connectivity index (χ3v) is 3.39. The molecule has 2 rings (SSSR count). The van der Waals surface area contributed by atoms with Crippen molar-refractivity contribution in [2.24, 2.45) is 5.73 Å². The molecule has 0 spiro atoms. The predicted molar refractivity (Wildman–Crippen MR) is 71.2 cm³/mol. The van der Waals surface area contributed by atoms with E-state index in [0.717, 1.165) is 26.4 Å². The van der Waals surface area contributed by atoms with Crippen LogP contribution in [0.4, 0.5) is 0 Å². The first-order chi connectivity index (χ1) is 8.39. The third kappa shape index (κ3) is 9.57. The van der Waals surface area contributed by atoms with Crippen LogP contribution in [-0.2, 0) is 9.47 Å². The van der Waals surface area contributed by atoms with E-state index in [1.54, 1.807) is 0 Å². The van der Waals surface area contributed by atoms with E-state index in [2.05, 4.69) is 0 Å². The summed E-state index contributed by atoms with van der Waals surface area (Å²) < 4.78 is 9.89. The molecule has 1 aliphatic carbocycles. The van der Waals surface area contributed by atoms with Crippen LogP contribution in [0.1, 0.15) is 57.8 Å². The summed E-state index contributed by atoms with van der Waals surface area (Å²) in [5, 5.41) is 0. The van der Waals surface area contributed by atoms with Crippen molar-refractivity contribution < 1.29 is 9.47 Å². The predicted octanol–water partition coefficient (Wildman–Crippen LogP) is 2.87. The van der Waals surface area contributed by atoms with Gasteiger partial charge < -0.3 is 15.2 Å². The second-order valence-electron chi connectivity index (χ2n) is 5.04. The quantitative estimate of drug-likeness (QED) is 0.711. The van der Waals surface area contributed by atoms with Crippen LogP contribution >= 0.6 is 0 Å². The Bertz CT molecular complexity index is 139. The highest BCUT2D eigenvalue weighted by Gasteiger charge is 2.03. The minimum Gasteiger partial charge on any atom is -0.377 e. The summed E-state index contributed by atoms with van der Waals surface area (Å²) in [5.74, 6) is 0. The van der Waals surface area contributed by atoms with E-state index < -0.39 is 0 Å². The third-order valence-electron chi connectivity index (χ3n) is 3.39. The van der Waals surface area contributed by atoms with Crippen molar-refractivity contribution in [2.45, 2.75) is 63.8 Å². The molecular weight excluding hydrogens is 214 g/mol. The molecule has 0 unspecified atom stereocenters. The normalized spacial score (nSPS) is 24.5. The fraction of sp³-hybridized carbons (Fsp3) is 1.00. The number of nitrogens with two attached hydrogens (primary N) is 1. The Labute approximate surface area is 106 Å². The van der Waals surface area contributed by atoms with Crippen LogP contribution < -0.4 is 5.73 Å². The van der Waals surface area contributed by atoms with Crippen LogP contribution in [0.2, 0.25) is 0 Å². The van der Waals surface area contributed by atoms with Gasteiger partial charge in [0.05, 0.1) is 26.4 Å². The smallest absolute Gasteiger partial charge is 0.0701 e. The average molecular weight is 243 g/mol. The van der Waals surface area contributed by atoms with Crippen molar-refractivity contribution in [1.82, 2.24) is 0 Å². The van der Waals surface area contributed by atoms with Gasteiger partial charge in [-0.2, -0.15) is 0 Å². The summed E-state index contributed by atoms with van der Waals surface area (Å²) >= 11 is 0. The lowest BCUT2D eigenvalue weighted by atomic mass is 9.98. The highest BCUT2D eigenvalue weighted by Crippen LogP contribution is 2.15. The van der Waals surface area contributed by atoms with Crippen molar-refractivity contribution in [2.75, 3.05) is 26.4 Å². The van der Waals surface area contributed by atoms with Crippen molar-refractivity contribution in [3.8, 4) is 0 Å². The van der Waals surface area contributed by atoms with Crippen molar-refractivity contribution in [1.29, 1.82) is 0 Å². The highest BCUT2D eigenvalue weighted by molar-refractivity contribution is 4.63. The zero-order valence-electron chi connectivity index (χ0n) is 11.2. The first kappa shape index (κ1) is 14.9. The van der Waals surface area contributed by atoms with Gasteiger partial charge in [0.15, 0.2) is 0 Å². The van der Waals surface area contributed by atoms with Crippen LogP contribution in [0, 0.1) is 0 Å². The summed E-state index contributed by atoms with van der Waals surface area (Å²) in [4.78, 5) is 0. The topological polar surface area (TPSA) is 44.5 Å². The van der Waals surface area contributed by atoms with Gasteiger partial charge >= 0.3 is 0 Å². The van der Waals surface area contributed by atoms with Gasteiger partial charge in [0.2, 0.25) is 0 Å². The summed E-state index contributed by atoms with van der Waals surface area (Å²) in [7, 11) is 0. The maximum Gasteiger partial charge on any atom is 0.0701 e. The molecule has 1 heterocycles. The molecule has 3 heteroatoms. The monoisotopic (exact) mass is 243 g/mol. The van der Waals surface area contributed by atoms with Crippen LogP contribution in [-0.4, -0.2) is 32.5 Å². The van der Waals surface area contributed by atoms with Crippen LogP contribution in [0.25, 0.3) is 0 Å². The van der Waals surface area contributed by atoms with Gasteiger partial charge in [0.1, 0.15) is 0 Å². The van der Waals surface area contributed by atoms with Crippen LogP contribution in [0.15, 0.2) is 0 Å². The van der Waals surface area contributed by atoms with E-state index in [4.69, 9.17) is 15.2 Å². The van der Waals surface area contributed by atoms with Gasteiger partial charge in [-0.15, -0.1) is 0 Å². The van der Waals surface area contributed by atoms with Gasteiger partial charge in [-0.25, -0.2) is 0 Å². The summed E-state index contributed by atoms with van der Waals surface area (Å²) in [6.07, 6.45) is 12.4.